The molecule has 0 radical (unpaired) electrons. The molecule has 1 aromatic rings. The number of carboxylic acid groups (broad SMARTS) is 1. The van der Waals surface area contributed by atoms with Gasteiger partial charge in [-0.15, -0.1) is 0 Å². The van der Waals surface area contributed by atoms with Crippen LogP contribution in [0.15, 0.2) is 18.2 Å². The molecule has 1 saturated heterocycles. The highest BCUT2D eigenvalue weighted by atomic mass is 16.6. The lowest BCUT2D eigenvalue weighted by Crippen LogP contribution is -2.35. The standard InChI is InChI=1S/C14H16N2O4/c17-13(18)11-9-10(16(19)20)1-2-12(11)15-7-5-14(3-4-14)6-8-15/h1-2,9H,3-8H2,(H,17,18). The first-order chi connectivity index (χ1) is 9.51. The predicted octanol–water partition coefficient (Wildman–Crippen LogP) is 2.67. The molecule has 2 aliphatic rings. The molecule has 0 unspecified atom stereocenters. The van der Waals surface area contributed by atoms with Gasteiger partial charge in [0.25, 0.3) is 5.69 Å². The molecule has 1 heterocycles. The minimum atomic E-state index is -1.12. The van der Waals surface area contributed by atoms with Crippen LogP contribution in [0.3, 0.4) is 0 Å². The molecule has 6 nitrogen and oxygen atoms in total. The highest BCUT2D eigenvalue weighted by Gasteiger charge is 2.44. The molecule has 0 atom stereocenters. The third-order valence-corrected chi connectivity index (χ3v) is 4.54. The molecular weight excluding hydrogens is 260 g/mol. The lowest BCUT2D eigenvalue weighted by atomic mass is 9.93. The van der Waals surface area contributed by atoms with Crippen molar-refractivity contribution in [1.82, 2.24) is 0 Å². The van der Waals surface area contributed by atoms with Gasteiger partial charge in [-0.2, -0.15) is 0 Å². The van der Waals surface area contributed by atoms with Gasteiger partial charge < -0.3 is 10.0 Å². The van der Waals surface area contributed by atoms with Crippen LogP contribution in [0, 0.1) is 15.5 Å². The summed E-state index contributed by atoms with van der Waals surface area (Å²) in [5.41, 5.74) is 0.951. The number of carbonyl (C=O) groups is 1. The van der Waals surface area contributed by atoms with E-state index >= 15 is 0 Å². The average molecular weight is 276 g/mol. The van der Waals surface area contributed by atoms with Crippen molar-refractivity contribution in [2.45, 2.75) is 25.7 Å². The molecule has 1 aliphatic carbocycles. The van der Waals surface area contributed by atoms with Gasteiger partial charge in [-0.25, -0.2) is 4.79 Å². The molecule has 1 N–H and O–H groups in total. The van der Waals surface area contributed by atoms with Crippen molar-refractivity contribution in [3.63, 3.8) is 0 Å². The molecular formula is C14H16N2O4. The smallest absolute Gasteiger partial charge is 0.338 e. The van der Waals surface area contributed by atoms with Crippen LogP contribution in [-0.2, 0) is 0 Å². The second-order valence-electron chi connectivity index (χ2n) is 5.75. The largest absolute Gasteiger partial charge is 0.478 e. The van der Waals surface area contributed by atoms with Gasteiger partial charge in [-0.3, -0.25) is 10.1 Å². The second-order valence-corrected chi connectivity index (χ2v) is 5.75. The van der Waals surface area contributed by atoms with Crippen LogP contribution < -0.4 is 4.90 Å². The molecule has 106 valence electrons. The number of nitrogens with zero attached hydrogens (tertiary/aromatic N) is 2. The molecule has 0 bridgehead atoms. The molecule has 1 saturated carbocycles. The van der Waals surface area contributed by atoms with Crippen LogP contribution in [0.2, 0.25) is 0 Å². The van der Waals surface area contributed by atoms with Crippen molar-refractivity contribution >= 4 is 17.3 Å². The summed E-state index contributed by atoms with van der Waals surface area (Å²) in [4.78, 5) is 23.6. The Kier molecular flexibility index (Phi) is 2.88. The molecule has 0 amide bonds. The van der Waals surface area contributed by atoms with Crippen LogP contribution in [0.1, 0.15) is 36.0 Å². The van der Waals surface area contributed by atoms with E-state index in [4.69, 9.17) is 0 Å². The molecule has 1 spiro atoms. The Labute approximate surface area is 116 Å². The number of piperidine rings is 1. The van der Waals surface area contributed by atoms with Gasteiger partial charge in [-0.05, 0) is 37.2 Å². The summed E-state index contributed by atoms with van der Waals surface area (Å²) >= 11 is 0. The van der Waals surface area contributed by atoms with Crippen molar-refractivity contribution in [2.75, 3.05) is 18.0 Å². The fourth-order valence-electron chi connectivity index (χ4n) is 2.98. The Morgan fingerprint density at radius 1 is 1.25 bits per heavy atom. The second kappa shape index (κ2) is 4.47. The Hall–Kier alpha value is -2.11. The molecule has 20 heavy (non-hydrogen) atoms. The van der Waals surface area contributed by atoms with Crippen LogP contribution in [-0.4, -0.2) is 29.1 Å². The third kappa shape index (κ3) is 2.21. The van der Waals surface area contributed by atoms with Crippen LogP contribution in [0.25, 0.3) is 0 Å². The summed E-state index contributed by atoms with van der Waals surface area (Å²) in [5, 5.41) is 20.0. The lowest BCUT2D eigenvalue weighted by molar-refractivity contribution is -0.384. The van der Waals surface area contributed by atoms with E-state index < -0.39 is 10.9 Å². The van der Waals surface area contributed by atoms with Gasteiger partial charge in [0.1, 0.15) is 0 Å². The maximum absolute atomic E-state index is 11.3. The van der Waals surface area contributed by atoms with E-state index in [9.17, 15) is 20.0 Å². The Morgan fingerprint density at radius 2 is 1.90 bits per heavy atom. The van der Waals surface area contributed by atoms with E-state index in [2.05, 4.69) is 0 Å². The van der Waals surface area contributed by atoms with Gasteiger partial charge in [0.05, 0.1) is 16.2 Å². The number of non-ortho nitro benzene ring substituents is 1. The normalized spacial score (nSPS) is 19.9. The van der Waals surface area contributed by atoms with Crippen molar-refractivity contribution in [3.05, 3.63) is 33.9 Å². The van der Waals surface area contributed by atoms with E-state index in [1.165, 1.54) is 18.9 Å². The highest BCUT2D eigenvalue weighted by Crippen LogP contribution is 2.54. The Balaban J connectivity index is 1.88. The minimum absolute atomic E-state index is 0.0194. The van der Waals surface area contributed by atoms with E-state index in [1.807, 2.05) is 4.90 Å². The maximum atomic E-state index is 11.3. The summed E-state index contributed by atoms with van der Waals surface area (Å²) in [6.07, 6.45) is 4.74. The summed E-state index contributed by atoms with van der Waals surface area (Å²) in [7, 11) is 0. The van der Waals surface area contributed by atoms with E-state index in [0.717, 1.165) is 32.0 Å². The van der Waals surface area contributed by atoms with Gasteiger partial charge in [0.2, 0.25) is 0 Å². The number of nitro groups is 1. The third-order valence-electron chi connectivity index (χ3n) is 4.54. The van der Waals surface area contributed by atoms with Crippen molar-refractivity contribution < 1.29 is 14.8 Å². The number of carboxylic acids is 1. The summed E-state index contributed by atoms with van der Waals surface area (Å²) in [6, 6.07) is 4.09. The first-order valence-electron chi connectivity index (χ1n) is 6.77. The summed E-state index contributed by atoms with van der Waals surface area (Å²) < 4.78 is 0. The zero-order chi connectivity index (χ0) is 14.3. The average Bonchev–Trinajstić information content (AvgIpc) is 3.18. The van der Waals surface area contributed by atoms with E-state index in [-0.39, 0.29) is 11.3 Å². The lowest BCUT2D eigenvalue weighted by Gasteiger charge is -2.34. The van der Waals surface area contributed by atoms with Gasteiger partial charge in [0, 0.05) is 25.2 Å². The van der Waals surface area contributed by atoms with Crippen molar-refractivity contribution in [3.8, 4) is 0 Å². The van der Waals surface area contributed by atoms with E-state index in [1.54, 1.807) is 6.07 Å². The SMILES string of the molecule is O=C(O)c1cc([N+](=O)[O-])ccc1N1CCC2(CC1)CC2. The number of hydrogen-bond acceptors (Lipinski definition) is 4. The first-order valence-corrected chi connectivity index (χ1v) is 6.77. The van der Waals surface area contributed by atoms with Crippen molar-refractivity contribution in [2.24, 2.45) is 5.41 Å². The Bertz CT molecular complexity index is 571. The predicted molar refractivity (Wildman–Crippen MR) is 73.2 cm³/mol. The maximum Gasteiger partial charge on any atom is 0.338 e. The number of rotatable bonds is 3. The fourth-order valence-corrected chi connectivity index (χ4v) is 2.98. The number of nitro benzene ring substituents is 1. The molecule has 3 rings (SSSR count). The van der Waals surface area contributed by atoms with Crippen LogP contribution in [0.5, 0.6) is 0 Å². The van der Waals surface area contributed by atoms with Gasteiger partial charge in [-0.1, -0.05) is 0 Å². The number of benzene rings is 1. The quantitative estimate of drug-likeness (QED) is 0.677. The highest BCUT2D eigenvalue weighted by molar-refractivity contribution is 5.95. The molecule has 6 heteroatoms. The molecule has 1 aromatic carbocycles. The number of aromatic carboxylic acids is 1. The molecule has 0 aromatic heterocycles. The first kappa shape index (κ1) is 12.9. The Morgan fingerprint density at radius 3 is 2.40 bits per heavy atom. The van der Waals surface area contributed by atoms with Gasteiger partial charge >= 0.3 is 5.97 Å². The fraction of sp³-hybridized carbons (Fsp3) is 0.500. The zero-order valence-corrected chi connectivity index (χ0v) is 11.0. The van der Waals surface area contributed by atoms with Crippen LogP contribution in [0.4, 0.5) is 11.4 Å². The van der Waals surface area contributed by atoms with Gasteiger partial charge in [0.15, 0.2) is 0 Å². The summed E-state index contributed by atoms with van der Waals surface area (Å²) in [6.45, 7) is 1.66. The minimum Gasteiger partial charge on any atom is -0.478 e. The topological polar surface area (TPSA) is 83.7 Å². The summed E-state index contributed by atoms with van der Waals surface area (Å²) in [5.74, 6) is -1.12. The zero-order valence-electron chi connectivity index (χ0n) is 11.0. The number of anilines is 1. The monoisotopic (exact) mass is 276 g/mol. The number of hydrogen-bond donors (Lipinski definition) is 1. The molecule has 2 fully saturated rings. The van der Waals surface area contributed by atoms with Crippen molar-refractivity contribution in [1.29, 1.82) is 0 Å². The van der Waals surface area contributed by atoms with E-state index in [0.29, 0.717) is 11.1 Å². The van der Waals surface area contributed by atoms with Crippen LogP contribution >= 0.6 is 0 Å². The molecule has 1 aliphatic heterocycles.